The summed E-state index contributed by atoms with van der Waals surface area (Å²) in [6.07, 6.45) is -4.39. The van der Waals surface area contributed by atoms with Gasteiger partial charge in [-0.05, 0) is 39.7 Å². The molecule has 31 heavy (non-hydrogen) atoms. The van der Waals surface area contributed by atoms with Gasteiger partial charge in [0.05, 0.1) is 20.3 Å². The number of thiophene rings is 1. The van der Waals surface area contributed by atoms with Crippen molar-refractivity contribution in [3.63, 3.8) is 0 Å². The van der Waals surface area contributed by atoms with E-state index in [-0.39, 0.29) is 18.4 Å². The van der Waals surface area contributed by atoms with Gasteiger partial charge in [-0.3, -0.25) is 9.59 Å². The van der Waals surface area contributed by atoms with Crippen molar-refractivity contribution in [1.82, 2.24) is 14.4 Å². The predicted octanol–water partition coefficient (Wildman–Crippen LogP) is 4.84. The van der Waals surface area contributed by atoms with Crippen molar-refractivity contribution in [2.24, 2.45) is 0 Å². The number of hydrogen-bond donors (Lipinski definition) is 0. The Kier molecular flexibility index (Phi) is 5.87. The molecule has 1 aliphatic rings. The van der Waals surface area contributed by atoms with Gasteiger partial charge in [0.2, 0.25) is 5.91 Å². The molecule has 2 amide bonds. The molecule has 0 N–H and O–H groups in total. The third-order valence-electron chi connectivity index (χ3n) is 5.43. The van der Waals surface area contributed by atoms with Gasteiger partial charge in [-0.2, -0.15) is 13.2 Å². The average molecular weight is 514 g/mol. The van der Waals surface area contributed by atoms with E-state index < -0.39 is 11.7 Å². The Balaban J connectivity index is 1.64. The summed E-state index contributed by atoms with van der Waals surface area (Å²) >= 11 is 5.02. The lowest BCUT2D eigenvalue weighted by atomic mass is 10.1. The van der Waals surface area contributed by atoms with Crippen molar-refractivity contribution >= 4 is 49.3 Å². The number of benzene rings is 1. The minimum atomic E-state index is -4.39. The van der Waals surface area contributed by atoms with Gasteiger partial charge in [0.1, 0.15) is 5.69 Å². The second kappa shape index (κ2) is 8.31. The lowest BCUT2D eigenvalue weighted by Crippen LogP contribution is -2.50. The van der Waals surface area contributed by atoms with Crippen LogP contribution in [-0.2, 0) is 17.5 Å². The summed E-state index contributed by atoms with van der Waals surface area (Å²) in [4.78, 5) is 28.3. The van der Waals surface area contributed by atoms with Gasteiger partial charge in [0, 0.05) is 45.0 Å². The van der Waals surface area contributed by atoms with E-state index in [0.29, 0.717) is 37.4 Å². The van der Waals surface area contributed by atoms with Gasteiger partial charge < -0.3 is 14.4 Å². The fraction of sp³-hybridized carbons (Fsp3) is 0.333. The van der Waals surface area contributed by atoms with E-state index in [1.54, 1.807) is 9.80 Å². The predicted molar refractivity (Wildman–Crippen MR) is 116 cm³/mol. The minimum Gasteiger partial charge on any atom is -0.339 e. The molecular weight excluding hydrogens is 495 g/mol. The van der Waals surface area contributed by atoms with Gasteiger partial charge in [0.25, 0.3) is 5.91 Å². The monoisotopic (exact) mass is 513 g/mol. The molecule has 0 aliphatic carbocycles. The van der Waals surface area contributed by atoms with Crippen molar-refractivity contribution in [2.75, 3.05) is 26.2 Å². The fourth-order valence-electron chi connectivity index (χ4n) is 3.74. The maximum Gasteiger partial charge on any atom is 0.416 e. The minimum absolute atomic E-state index is 0.0118. The second-order valence-corrected chi connectivity index (χ2v) is 9.17. The summed E-state index contributed by atoms with van der Waals surface area (Å²) in [6.45, 7) is 3.64. The Morgan fingerprint density at radius 1 is 1.06 bits per heavy atom. The van der Waals surface area contributed by atoms with Crippen molar-refractivity contribution in [1.29, 1.82) is 0 Å². The zero-order valence-corrected chi connectivity index (χ0v) is 19.0. The molecular formula is C21H19BrF3N3O2S. The number of alkyl halides is 3. The van der Waals surface area contributed by atoms with Gasteiger partial charge in [-0.1, -0.05) is 12.1 Å². The van der Waals surface area contributed by atoms with Gasteiger partial charge >= 0.3 is 6.18 Å². The van der Waals surface area contributed by atoms with Crippen LogP contribution in [0.15, 0.2) is 40.2 Å². The molecule has 0 saturated carbocycles. The van der Waals surface area contributed by atoms with Gasteiger partial charge in [-0.15, -0.1) is 11.3 Å². The van der Waals surface area contributed by atoms with Crippen LogP contribution in [0.1, 0.15) is 28.5 Å². The third-order valence-corrected chi connectivity index (χ3v) is 7.26. The number of halogens is 4. The highest BCUT2D eigenvalue weighted by Gasteiger charge is 2.30. The van der Waals surface area contributed by atoms with Crippen LogP contribution in [0.5, 0.6) is 0 Å². The molecule has 1 fully saturated rings. The van der Waals surface area contributed by atoms with Crippen LogP contribution in [0, 0.1) is 0 Å². The average Bonchev–Trinajstić information content (AvgIpc) is 3.27. The molecule has 5 nitrogen and oxygen atoms in total. The second-order valence-electron chi connectivity index (χ2n) is 7.41. The van der Waals surface area contributed by atoms with Crippen LogP contribution in [0.2, 0.25) is 0 Å². The van der Waals surface area contributed by atoms with E-state index in [4.69, 9.17) is 0 Å². The van der Waals surface area contributed by atoms with Gasteiger partial charge in [0.15, 0.2) is 0 Å². The molecule has 0 spiro atoms. The van der Waals surface area contributed by atoms with E-state index in [1.807, 2.05) is 16.0 Å². The number of carbonyl (C=O) groups is 2. The number of fused-ring (bicyclic) bond motifs is 1. The first-order valence-electron chi connectivity index (χ1n) is 9.62. The highest BCUT2D eigenvalue weighted by atomic mass is 79.9. The number of hydrogen-bond acceptors (Lipinski definition) is 3. The molecule has 0 atom stereocenters. The molecule has 3 heterocycles. The third kappa shape index (κ3) is 4.36. The zero-order chi connectivity index (χ0) is 22.3. The maximum absolute atomic E-state index is 13.3. The van der Waals surface area contributed by atoms with Crippen molar-refractivity contribution in [3.8, 4) is 0 Å². The molecule has 4 rings (SSSR count). The molecule has 10 heteroatoms. The summed E-state index contributed by atoms with van der Waals surface area (Å²) in [7, 11) is 0. The molecule has 0 bridgehead atoms. The summed E-state index contributed by atoms with van der Waals surface area (Å²) in [5.41, 5.74) is 1.29. The quantitative estimate of drug-likeness (QED) is 0.503. The first kappa shape index (κ1) is 21.9. The fourth-order valence-corrected chi connectivity index (χ4v) is 5.43. The number of nitrogens with zero attached hydrogens (tertiary/aromatic N) is 3. The number of amides is 2. The molecule has 3 aromatic rings. The Hall–Kier alpha value is -2.33. The summed E-state index contributed by atoms with van der Waals surface area (Å²) < 4.78 is 42.3. The summed E-state index contributed by atoms with van der Waals surface area (Å²) in [5.74, 6) is -0.160. The lowest BCUT2D eigenvalue weighted by molar-refractivity contribution is -0.137. The largest absolute Gasteiger partial charge is 0.416 e. The van der Waals surface area contributed by atoms with Crippen LogP contribution < -0.4 is 0 Å². The van der Waals surface area contributed by atoms with Crippen molar-refractivity contribution in [2.45, 2.75) is 19.6 Å². The van der Waals surface area contributed by atoms with E-state index in [2.05, 4.69) is 15.9 Å². The van der Waals surface area contributed by atoms with Crippen LogP contribution >= 0.6 is 27.3 Å². The maximum atomic E-state index is 13.3. The van der Waals surface area contributed by atoms with E-state index in [1.165, 1.54) is 30.4 Å². The van der Waals surface area contributed by atoms with Crippen LogP contribution in [0.3, 0.4) is 0 Å². The zero-order valence-electron chi connectivity index (χ0n) is 16.6. The SMILES string of the molecule is CC(=O)N1CCN(C(=O)c2cc3scc(Br)c3n2Cc2ccc(C(F)(F)F)cc2)CC1. The van der Waals surface area contributed by atoms with E-state index in [9.17, 15) is 22.8 Å². The van der Waals surface area contributed by atoms with E-state index in [0.717, 1.165) is 26.8 Å². The topological polar surface area (TPSA) is 45.6 Å². The molecule has 0 radical (unpaired) electrons. The molecule has 2 aromatic heterocycles. The molecule has 1 aromatic carbocycles. The Labute approximate surface area is 189 Å². The molecule has 164 valence electrons. The van der Waals surface area contributed by atoms with Crippen molar-refractivity contribution in [3.05, 3.63) is 57.0 Å². The normalized spacial score (nSPS) is 15.0. The molecule has 1 aliphatic heterocycles. The van der Waals surface area contributed by atoms with Crippen molar-refractivity contribution < 1.29 is 22.8 Å². The summed E-state index contributed by atoms with van der Waals surface area (Å²) in [5, 5.41) is 1.92. The smallest absolute Gasteiger partial charge is 0.339 e. The first-order valence-corrected chi connectivity index (χ1v) is 11.3. The van der Waals surface area contributed by atoms with Crippen LogP contribution in [-0.4, -0.2) is 52.4 Å². The highest BCUT2D eigenvalue weighted by molar-refractivity contribution is 9.10. The van der Waals surface area contributed by atoms with Crippen LogP contribution in [0.25, 0.3) is 10.2 Å². The lowest BCUT2D eigenvalue weighted by Gasteiger charge is -2.34. The number of piperazine rings is 1. The van der Waals surface area contributed by atoms with E-state index >= 15 is 0 Å². The Morgan fingerprint density at radius 2 is 1.68 bits per heavy atom. The Morgan fingerprint density at radius 3 is 2.26 bits per heavy atom. The van der Waals surface area contributed by atoms with Crippen LogP contribution in [0.4, 0.5) is 13.2 Å². The van der Waals surface area contributed by atoms with Gasteiger partial charge in [-0.25, -0.2) is 0 Å². The highest BCUT2D eigenvalue weighted by Crippen LogP contribution is 2.35. The standard InChI is InChI=1S/C21H19BrF3N3O2S/c1-13(29)26-6-8-27(9-7-26)20(30)17-10-18-19(16(22)12-31-18)28(17)11-14-2-4-15(5-3-14)21(23,24)25/h2-5,10,12H,6-9,11H2,1H3. The Bertz CT molecular complexity index is 1130. The number of aromatic nitrogens is 1. The number of rotatable bonds is 3. The first-order chi connectivity index (χ1) is 14.6. The molecule has 1 saturated heterocycles. The number of carbonyl (C=O) groups excluding carboxylic acids is 2. The summed E-state index contributed by atoms with van der Waals surface area (Å²) in [6, 6.07) is 6.82. The molecule has 0 unspecified atom stereocenters.